The van der Waals surface area contributed by atoms with Crippen molar-refractivity contribution in [1.82, 2.24) is 9.97 Å². The molecular formula is C14H20N4OS. The normalized spacial score (nSPS) is 20.6. The zero-order valence-electron chi connectivity index (χ0n) is 12.1. The van der Waals surface area contributed by atoms with Crippen LogP contribution in [0.4, 0.5) is 11.8 Å². The fraction of sp³-hybridized carbons (Fsp3) is 0.571. The highest BCUT2D eigenvalue weighted by Gasteiger charge is 2.28. The third kappa shape index (κ3) is 2.33. The molecule has 6 heteroatoms. The third-order valence-electron chi connectivity index (χ3n) is 3.93. The Labute approximate surface area is 122 Å². The molecule has 1 aliphatic heterocycles. The van der Waals surface area contributed by atoms with Crippen LogP contribution in [0.15, 0.2) is 6.07 Å². The molecule has 5 nitrogen and oxygen atoms in total. The Morgan fingerprint density at radius 1 is 1.50 bits per heavy atom. The summed E-state index contributed by atoms with van der Waals surface area (Å²) in [6, 6.07) is 2.16. The summed E-state index contributed by atoms with van der Waals surface area (Å²) in [5.74, 6) is 1.99. The first-order valence-electron chi connectivity index (χ1n) is 6.97. The second-order valence-corrected chi connectivity index (χ2v) is 6.67. The van der Waals surface area contributed by atoms with Gasteiger partial charge in [0.15, 0.2) is 0 Å². The fourth-order valence-corrected chi connectivity index (χ4v) is 3.63. The number of aryl methyl sites for hydroxylation is 1. The lowest BCUT2D eigenvalue weighted by Crippen LogP contribution is -2.25. The maximum absolute atomic E-state index is 9.77. The maximum Gasteiger partial charge on any atom is 0.225 e. The van der Waals surface area contributed by atoms with E-state index in [-0.39, 0.29) is 6.10 Å². The van der Waals surface area contributed by atoms with E-state index in [1.165, 1.54) is 4.88 Å². The SMILES string of the molecule is CNc1nc(N2CCC(C(C)O)C2)c2cc(C)sc2n1. The molecule has 20 heavy (non-hydrogen) atoms. The number of fused-ring (bicyclic) bond motifs is 1. The molecule has 2 aromatic rings. The van der Waals surface area contributed by atoms with Gasteiger partial charge in [0.2, 0.25) is 5.95 Å². The van der Waals surface area contributed by atoms with Gasteiger partial charge < -0.3 is 15.3 Å². The quantitative estimate of drug-likeness (QED) is 0.908. The molecule has 0 aliphatic carbocycles. The van der Waals surface area contributed by atoms with E-state index in [1.54, 1.807) is 11.3 Å². The summed E-state index contributed by atoms with van der Waals surface area (Å²) < 4.78 is 0. The van der Waals surface area contributed by atoms with Gasteiger partial charge in [-0.15, -0.1) is 11.3 Å². The molecule has 2 atom stereocenters. The first-order chi connectivity index (χ1) is 9.58. The Morgan fingerprint density at radius 2 is 2.30 bits per heavy atom. The third-order valence-corrected chi connectivity index (χ3v) is 4.87. The van der Waals surface area contributed by atoms with E-state index >= 15 is 0 Å². The van der Waals surface area contributed by atoms with Crippen LogP contribution in [-0.4, -0.2) is 41.3 Å². The molecule has 0 amide bonds. The summed E-state index contributed by atoms with van der Waals surface area (Å²) in [4.78, 5) is 13.7. The number of nitrogens with zero attached hydrogens (tertiary/aromatic N) is 3. The smallest absolute Gasteiger partial charge is 0.225 e. The number of anilines is 2. The number of hydrogen-bond acceptors (Lipinski definition) is 6. The minimum Gasteiger partial charge on any atom is -0.393 e. The number of aliphatic hydroxyl groups is 1. The van der Waals surface area contributed by atoms with Gasteiger partial charge in [-0.1, -0.05) is 0 Å². The average molecular weight is 292 g/mol. The monoisotopic (exact) mass is 292 g/mol. The molecule has 0 spiro atoms. The van der Waals surface area contributed by atoms with Crippen molar-refractivity contribution in [3.63, 3.8) is 0 Å². The molecule has 1 saturated heterocycles. The maximum atomic E-state index is 9.77. The highest BCUT2D eigenvalue weighted by molar-refractivity contribution is 7.18. The molecule has 0 aromatic carbocycles. The van der Waals surface area contributed by atoms with Crippen LogP contribution in [0.5, 0.6) is 0 Å². The van der Waals surface area contributed by atoms with Crippen molar-refractivity contribution in [2.45, 2.75) is 26.4 Å². The van der Waals surface area contributed by atoms with Gasteiger partial charge in [-0.25, -0.2) is 4.98 Å². The van der Waals surface area contributed by atoms with Crippen molar-refractivity contribution >= 4 is 33.3 Å². The van der Waals surface area contributed by atoms with Gasteiger partial charge in [0.1, 0.15) is 10.6 Å². The average Bonchev–Trinajstić information content (AvgIpc) is 3.02. The molecule has 1 fully saturated rings. The van der Waals surface area contributed by atoms with Crippen LogP contribution in [0, 0.1) is 12.8 Å². The zero-order chi connectivity index (χ0) is 14.3. The molecular weight excluding hydrogens is 272 g/mol. The van der Waals surface area contributed by atoms with Crippen LogP contribution < -0.4 is 10.2 Å². The van der Waals surface area contributed by atoms with E-state index in [1.807, 2.05) is 14.0 Å². The van der Waals surface area contributed by atoms with Crippen LogP contribution in [0.1, 0.15) is 18.2 Å². The van der Waals surface area contributed by atoms with E-state index in [4.69, 9.17) is 0 Å². The predicted molar refractivity (Wildman–Crippen MR) is 83.7 cm³/mol. The van der Waals surface area contributed by atoms with Crippen molar-refractivity contribution in [2.24, 2.45) is 5.92 Å². The molecule has 0 saturated carbocycles. The number of nitrogens with one attached hydrogen (secondary N) is 1. The van der Waals surface area contributed by atoms with Crippen LogP contribution in [0.25, 0.3) is 10.2 Å². The van der Waals surface area contributed by atoms with Crippen molar-refractivity contribution in [3.05, 3.63) is 10.9 Å². The number of rotatable bonds is 3. The largest absolute Gasteiger partial charge is 0.393 e. The van der Waals surface area contributed by atoms with Crippen molar-refractivity contribution in [1.29, 1.82) is 0 Å². The molecule has 108 valence electrons. The van der Waals surface area contributed by atoms with E-state index in [2.05, 4.69) is 33.2 Å². The molecule has 1 aliphatic rings. The van der Waals surface area contributed by atoms with Gasteiger partial charge in [-0.05, 0) is 26.3 Å². The second-order valence-electron chi connectivity index (χ2n) is 5.43. The molecule has 2 unspecified atom stereocenters. The van der Waals surface area contributed by atoms with Gasteiger partial charge in [0.05, 0.1) is 11.5 Å². The number of aromatic nitrogens is 2. The summed E-state index contributed by atoms with van der Waals surface area (Å²) in [6.07, 6.45) is 0.756. The Balaban J connectivity index is 2.02. The van der Waals surface area contributed by atoms with Gasteiger partial charge in [-0.2, -0.15) is 4.98 Å². The Morgan fingerprint density at radius 3 is 2.95 bits per heavy atom. The Bertz CT molecular complexity index is 625. The number of aliphatic hydroxyl groups excluding tert-OH is 1. The zero-order valence-corrected chi connectivity index (χ0v) is 12.9. The van der Waals surface area contributed by atoms with Crippen LogP contribution in [-0.2, 0) is 0 Å². The lowest BCUT2D eigenvalue weighted by molar-refractivity contribution is 0.136. The Hall–Kier alpha value is -1.40. The summed E-state index contributed by atoms with van der Waals surface area (Å²) in [5.41, 5.74) is 0. The topological polar surface area (TPSA) is 61.3 Å². The summed E-state index contributed by atoms with van der Waals surface area (Å²) in [6.45, 7) is 5.77. The van der Waals surface area contributed by atoms with Gasteiger partial charge in [0.25, 0.3) is 0 Å². The molecule has 2 N–H and O–H groups in total. The lowest BCUT2D eigenvalue weighted by Gasteiger charge is -2.20. The van der Waals surface area contributed by atoms with Gasteiger partial charge >= 0.3 is 0 Å². The summed E-state index contributed by atoms with van der Waals surface area (Å²) in [5, 5.41) is 13.9. The fourth-order valence-electron chi connectivity index (χ4n) is 2.75. The molecule has 0 bridgehead atoms. The highest BCUT2D eigenvalue weighted by Crippen LogP contribution is 2.34. The van der Waals surface area contributed by atoms with Crippen molar-refractivity contribution in [2.75, 3.05) is 30.4 Å². The van der Waals surface area contributed by atoms with Crippen LogP contribution in [0.2, 0.25) is 0 Å². The summed E-state index contributed by atoms with van der Waals surface area (Å²) >= 11 is 1.69. The molecule has 2 aromatic heterocycles. The van der Waals surface area contributed by atoms with Crippen molar-refractivity contribution < 1.29 is 5.11 Å². The molecule has 3 heterocycles. The van der Waals surface area contributed by atoms with Crippen molar-refractivity contribution in [3.8, 4) is 0 Å². The minimum absolute atomic E-state index is 0.259. The predicted octanol–water partition coefficient (Wildman–Crippen LogP) is 2.25. The molecule has 3 rings (SSSR count). The highest BCUT2D eigenvalue weighted by atomic mass is 32.1. The summed E-state index contributed by atoms with van der Waals surface area (Å²) in [7, 11) is 1.84. The number of hydrogen-bond donors (Lipinski definition) is 2. The lowest BCUT2D eigenvalue weighted by atomic mass is 10.0. The van der Waals surface area contributed by atoms with E-state index in [9.17, 15) is 5.11 Å². The number of thiophene rings is 1. The van der Waals surface area contributed by atoms with Gasteiger partial charge in [0, 0.05) is 30.9 Å². The van der Waals surface area contributed by atoms with Gasteiger partial charge in [-0.3, -0.25) is 0 Å². The standard InChI is InChI=1S/C14H20N4OS/c1-8-6-11-12(16-14(15-3)17-13(11)20-8)18-5-4-10(7-18)9(2)19/h6,9-10,19H,4-5,7H2,1-3H3,(H,15,16,17). The van der Waals surface area contributed by atoms with E-state index < -0.39 is 0 Å². The van der Waals surface area contributed by atoms with Crippen LogP contribution >= 0.6 is 11.3 Å². The minimum atomic E-state index is -0.259. The first-order valence-corrected chi connectivity index (χ1v) is 7.79. The Kier molecular flexibility index (Phi) is 3.52. The van der Waals surface area contributed by atoms with E-state index in [0.29, 0.717) is 11.9 Å². The second kappa shape index (κ2) is 5.18. The van der Waals surface area contributed by atoms with E-state index in [0.717, 1.165) is 35.5 Å². The van der Waals surface area contributed by atoms with Crippen LogP contribution in [0.3, 0.4) is 0 Å². The first kappa shape index (κ1) is 13.6. The molecule has 0 radical (unpaired) electrons.